The summed E-state index contributed by atoms with van der Waals surface area (Å²) in [7, 11) is 0. The third-order valence-corrected chi connectivity index (χ3v) is 3.47. The minimum Gasteiger partial charge on any atom is -0.352 e. The van der Waals surface area contributed by atoms with E-state index in [0.29, 0.717) is 6.04 Å². The first-order valence-corrected chi connectivity index (χ1v) is 6.20. The molecule has 86 valence electrons. The van der Waals surface area contributed by atoms with E-state index >= 15 is 0 Å². The Morgan fingerprint density at radius 1 is 1.25 bits per heavy atom. The van der Waals surface area contributed by atoms with Crippen LogP contribution in [0.3, 0.4) is 0 Å². The van der Waals surface area contributed by atoms with Gasteiger partial charge >= 0.3 is 0 Å². The minimum absolute atomic E-state index is 0.0697. The van der Waals surface area contributed by atoms with Crippen LogP contribution in [0.2, 0.25) is 0 Å². The van der Waals surface area contributed by atoms with Crippen molar-refractivity contribution >= 4 is 17.5 Å². The standard InChI is InChI=1S/C13H16ClNO/c14-12(10-6-2-1-3-7-10)13(16)15-11-8-4-5-9-11/h1-3,6-7,11-12H,4-5,8-9H2,(H,15,16)/t12-/m0/s1. The maximum atomic E-state index is 11.9. The predicted octanol–water partition coefficient (Wildman–Crippen LogP) is 3.03. The van der Waals surface area contributed by atoms with Crippen LogP contribution in [-0.2, 0) is 4.79 Å². The Morgan fingerprint density at radius 2 is 1.88 bits per heavy atom. The van der Waals surface area contributed by atoms with E-state index in [1.54, 1.807) is 0 Å². The van der Waals surface area contributed by atoms with Crippen LogP contribution in [0, 0.1) is 0 Å². The Bertz CT molecular complexity index is 346. The molecule has 1 fully saturated rings. The fourth-order valence-electron chi connectivity index (χ4n) is 2.12. The lowest BCUT2D eigenvalue weighted by atomic mass is 10.1. The average Bonchev–Trinajstić information content (AvgIpc) is 2.82. The molecule has 3 heteroatoms. The van der Waals surface area contributed by atoms with Crippen molar-refractivity contribution in [1.82, 2.24) is 5.32 Å². The van der Waals surface area contributed by atoms with E-state index in [0.717, 1.165) is 18.4 Å². The van der Waals surface area contributed by atoms with Crippen molar-refractivity contribution in [3.05, 3.63) is 35.9 Å². The molecular formula is C13H16ClNO. The second-order valence-electron chi connectivity index (χ2n) is 4.26. The molecule has 16 heavy (non-hydrogen) atoms. The number of hydrogen-bond donors (Lipinski definition) is 1. The first kappa shape index (κ1) is 11.5. The van der Waals surface area contributed by atoms with E-state index in [9.17, 15) is 4.79 Å². The van der Waals surface area contributed by atoms with Crippen LogP contribution in [0.15, 0.2) is 30.3 Å². The van der Waals surface area contributed by atoms with Gasteiger partial charge in [0.2, 0.25) is 5.91 Å². The summed E-state index contributed by atoms with van der Waals surface area (Å²) < 4.78 is 0. The summed E-state index contributed by atoms with van der Waals surface area (Å²) in [5.74, 6) is -0.0697. The Hall–Kier alpha value is -1.02. The Labute approximate surface area is 101 Å². The molecule has 1 aliphatic carbocycles. The highest BCUT2D eigenvalue weighted by molar-refractivity contribution is 6.30. The molecule has 0 bridgehead atoms. The fourth-order valence-corrected chi connectivity index (χ4v) is 2.33. The highest BCUT2D eigenvalue weighted by atomic mass is 35.5. The van der Waals surface area contributed by atoms with Gasteiger partial charge in [0.1, 0.15) is 5.38 Å². The van der Waals surface area contributed by atoms with E-state index in [1.165, 1.54) is 12.8 Å². The molecular weight excluding hydrogens is 222 g/mol. The van der Waals surface area contributed by atoms with Gasteiger partial charge in [-0.15, -0.1) is 11.6 Å². The molecule has 0 unspecified atom stereocenters. The molecule has 0 aromatic heterocycles. The molecule has 1 N–H and O–H groups in total. The van der Waals surface area contributed by atoms with Gasteiger partial charge in [-0.05, 0) is 18.4 Å². The largest absolute Gasteiger partial charge is 0.352 e. The third-order valence-electron chi connectivity index (χ3n) is 3.02. The lowest BCUT2D eigenvalue weighted by molar-refractivity contribution is -0.121. The van der Waals surface area contributed by atoms with Gasteiger partial charge in [-0.25, -0.2) is 0 Å². The second-order valence-corrected chi connectivity index (χ2v) is 4.70. The summed E-state index contributed by atoms with van der Waals surface area (Å²) in [4.78, 5) is 11.9. The Morgan fingerprint density at radius 3 is 2.50 bits per heavy atom. The van der Waals surface area contributed by atoms with Gasteiger partial charge in [0.15, 0.2) is 0 Å². The molecule has 1 atom stereocenters. The summed E-state index contributed by atoms with van der Waals surface area (Å²) >= 11 is 6.12. The van der Waals surface area contributed by atoms with Crippen LogP contribution in [0.4, 0.5) is 0 Å². The van der Waals surface area contributed by atoms with Crippen molar-refractivity contribution in [3.63, 3.8) is 0 Å². The first-order chi connectivity index (χ1) is 7.77. The minimum atomic E-state index is -0.568. The zero-order chi connectivity index (χ0) is 11.4. The Balaban J connectivity index is 1.94. The molecule has 0 heterocycles. The van der Waals surface area contributed by atoms with Crippen LogP contribution in [-0.4, -0.2) is 11.9 Å². The molecule has 0 spiro atoms. The molecule has 1 aromatic carbocycles. The van der Waals surface area contributed by atoms with Gasteiger partial charge < -0.3 is 5.32 Å². The fraction of sp³-hybridized carbons (Fsp3) is 0.462. The number of nitrogens with one attached hydrogen (secondary N) is 1. The topological polar surface area (TPSA) is 29.1 Å². The van der Waals surface area contributed by atoms with Crippen LogP contribution in [0.25, 0.3) is 0 Å². The number of carbonyl (C=O) groups is 1. The number of alkyl halides is 1. The average molecular weight is 238 g/mol. The SMILES string of the molecule is O=C(NC1CCCC1)[C@@H](Cl)c1ccccc1. The third kappa shape index (κ3) is 2.76. The molecule has 2 nitrogen and oxygen atoms in total. The van der Waals surface area contributed by atoms with Gasteiger partial charge in [0.05, 0.1) is 0 Å². The molecule has 1 aliphatic rings. The summed E-state index contributed by atoms with van der Waals surface area (Å²) in [6, 6.07) is 9.80. The summed E-state index contributed by atoms with van der Waals surface area (Å²) in [6.07, 6.45) is 4.60. The van der Waals surface area contributed by atoms with Crippen molar-refractivity contribution in [2.75, 3.05) is 0 Å². The van der Waals surface area contributed by atoms with Crippen molar-refractivity contribution in [1.29, 1.82) is 0 Å². The number of carbonyl (C=O) groups excluding carboxylic acids is 1. The number of rotatable bonds is 3. The molecule has 2 rings (SSSR count). The van der Waals surface area contributed by atoms with E-state index < -0.39 is 5.38 Å². The number of hydrogen-bond acceptors (Lipinski definition) is 1. The lowest BCUT2D eigenvalue weighted by Crippen LogP contribution is -2.34. The molecule has 1 saturated carbocycles. The number of amides is 1. The first-order valence-electron chi connectivity index (χ1n) is 5.77. The van der Waals surface area contributed by atoms with Gasteiger partial charge in [0.25, 0.3) is 0 Å². The summed E-state index contributed by atoms with van der Waals surface area (Å²) in [6.45, 7) is 0. The Kier molecular flexibility index (Phi) is 3.83. The van der Waals surface area contributed by atoms with E-state index in [4.69, 9.17) is 11.6 Å². The van der Waals surface area contributed by atoms with Crippen molar-refractivity contribution < 1.29 is 4.79 Å². The predicted molar refractivity (Wildman–Crippen MR) is 65.4 cm³/mol. The summed E-state index contributed by atoms with van der Waals surface area (Å²) in [5, 5.41) is 2.44. The van der Waals surface area contributed by atoms with Gasteiger partial charge in [-0.2, -0.15) is 0 Å². The van der Waals surface area contributed by atoms with Crippen LogP contribution >= 0.6 is 11.6 Å². The highest BCUT2D eigenvalue weighted by Gasteiger charge is 2.22. The van der Waals surface area contributed by atoms with Crippen molar-refractivity contribution in [2.24, 2.45) is 0 Å². The van der Waals surface area contributed by atoms with E-state index in [2.05, 4.69) is 5.32 Å². The van der Waals surface area contributed by atoms with E-state index in [-0.39, 0.29) is 5.91 Å². The molecule has 0 aliphatic heterocycles. The van der Waals surface area contributed by atoms with Crippen molar-refractivity contribution in [2.45, 2.75) is 37.1 Å². The van der Waals surface area contributed by atoms with Crippen LogP contribution in [0.1, 0.15) is 36.6 Å². The van der Waals surface area contributed by atoms with Crippen LogP contribution in [0.5, 0.6) is 0 Å². The maximum absolute atomic E-state index is 11.9. The number of benzene rings is 1. The van der Waals surface area contributed by atoms with Gasteiger partial charge in [-0.3, -0.25) is 4.79 Å². The highest BCUT2D eigenvalue weighted by Crippen LogP contribution is 2.23. The normalized spacial score (nSPS) is 18.3. The lowest BCUT2D eigenvalue weighted by Gasteiger charge is -2.15. The molecule has 0 saturated heterocycles. The van der Waals surface area contributed by atoms with Crippen molar-refractivity contribution in [3.8, 4) is 0 Å². The van der Waals surface area contributed by atoms with Gasteiger partial charge in [-0.1, -0.05) is 43.2 Å². The van der Waals surface area contributed by atoms with Crippen LogP contribution < -0.4 is 5.32 Å². The smallest absolute Gasteiger partial charge is 0.242 e. The second kappa shape index (κ2) is 5.35. The maximum Gasteiger partial charge on any atom is 0.242 e. The monoisotopic (exact) mass is 237 g/mol. The molecule has 1 aromatic rings. The molecule has 1 amide bonds. The van der Waals surface area contributed by atoms with E-state index in [1.807, 2.05) is 30.3 Å². The molecule has 0 radical (unpaired) electrons. The quantitative estimate of drug-likeness (QED) is 0.805. The zero-order valence-corrected chi connectivity index (χ0v) is 9.91. The van der Waals surface area contributed by atoms with Gasteiger partial charge in [0, 0.05) is 6.04 Å². The zero-order valence-electron chi connectivity index (χ0n) is 9.16. The number of halogens is 1. The summed E-state index contributed by atoms with van der Waals surface area (Å²) in [5.41, 5.74) is 0.861.